The highest BCUT2D eigenvalue weighted by molar-refractivity contribution is 7.90. The third kappa shape index (κ3) is 4.21. The second-order valence-corrected chi connectivity index (χ2v) is 10.6. The van der Waals surface area contributed by atoms with Crippen LogP contribution in [0.25, 0.3) is 22.4 Å². The molecule has 0 spiro atoms. The summed E-state index contributed by atoms with van der Waals surface area (Å²) in [7, 11) is -1.26. The molecule has 0 bridgehead atoms. The SMILES string of the molecule is CN1Cc2nn(Cc3cccc(-c4cccc(S(C)(=O)=O)c4)c3)c(-c3ccccc3F)c2C1. The van der Waals surface area contributed by atoms with Crippen LogP contribution in [0.2, 0.25) is 0 Å². The van der Waals surface area contributed by atoms with E-state index < -0.39 is 9.84 Å². The molecule has 0 aliphatic carbocycles. The predicted octanol–water partition coefficient (Wildman–Crippen LogP) is 4.75. The maximum absolute atomic E-state index is 14.8. The van der Waals surface area contributed by atoms with Crippen LogP contribution in [0, 0.1) is 5.82 Å². The summed E-state index contributed by atoms with van der Waals surface area (Å²) >= 11 is 0. The Kier molecular flexibility index (Phi) is 5.38. The van der Waals surface area contributed by atoms with Gasteiger partial charge in [-0.2, -0.15) is 5.10 Å². The van der Waals surface area contributed by atoms with Gasteiger partial charge in [-0.1, -0.05) is 42.5 Å². The van der Waals surface area contributed by atoms with Crippen molar-refractivity contribution in [3.8, 4) is 22.4 Å². The van der Waals surface area contributed by atoms with Crippen molar-refractivity contribution in [2.24, 2.45) is 0 Å². The van der Waals surface area contributed by atoms with Crippen molar-refractivity contribution in [1.29, 1.82) is 0 Å². The molecule has 0 saturated carbocycles. The molecule has 7 heteroatoms. The Bertz CT molecular complexity index is 1460. The van der Waals surface area contributed by atoms with Crippen molar-refractivity contribution in [3.05, 3.63) is 95.4 Å². The Morgan fingerprint density at radius 2 is 1.67 bits per heavy atom. The first-order valence-electron chi connectivity index (χ1n) is 10.7. The van der Waals surface area contributed by atoms with Gasteiger partial charge in [-0.05, 0) is 54.1 Å². The van der Waals surface area contributed by atoms with E-state index in [1.165, 1.54) is 12.3 Å². The standard InChI is InChI=1S/C26H24FN3O2S/c1-29-16-23-25(17-29)28-30(26(23)22-11-3-4-12-24(22)27)15-18-7-5-8-19(13-18)20-9-6-10-21(14-20)33(2,31)32/h3-14H,15-17H2,1-2H3. The lowest BCUT2D eigenvalue weighted by molar-refractivity contribution is 0.346. The minimum Gasteiger partial charge on any atom is -0.296 e. The van der Waals surface area contributed by atoms with Crippen LogP contribution in [0.1, 0.15) is 16.8 Å². The zero-order valence-corrected chi connectivity index (χ0v) is 19.3. The zero-order valence-electron chi connectivity index (χ0n) is 18.5. The molecule has 0 fully saturated rings. The minimum absolute atomic E-state index is 0.262. The van der Waals surface area contributed by atoms with Crippen molar-refractivity contribution in [2.75, 3.05) is 13.3 Å². The van der Waals surface area contributed by atoms with E-state index in [-0.39, 0.29) is 5.82 Å². The van der Waals surface area contributed by atoms with Gasteiger partial charge in [-0.15, -0.1) is 0 Å². The molecule has 1 aliphatic heterocycles. The molecule has 0 saturated heterocycles. The average Bonchev–Trinajstić information content (AvgIpc) is 3.29. The monoisotopic (exact) mass is 461 g/mol. The molecule has 0 radical (unpaired) electrons. The van der Waals surface area contributed by atoms with E-state index in [1.807, 2.05) is 48.1 Å². The Morgan fingerprint density at radius 1 is 0.939 bits per heavy atom. The number of hydrogen-bond acceptors (Lipinski definition) is 4. The molecule has 33 heavy (non-hydrogen) atoms. The molecule has 0 unspecified atom stereocenters. The van der Waals surface area contributed by atoms with E-state index in [4.69, 9.17) is 5.10 Å². The van der Waals surface area contributed by atoms with Crippen LogP contribution >= 0.6 is 0 Å². The van der Waals surface area contributed by atoms with Crippen molar-refractivity contribution in [2.45, 2.75) is 24.5 Å². The Balaban J connectivity index is 1.54. The Hall–Kier alpha value is -3.29. The smallest absolute Gasteiger partial charge is 0.175 e. The second-order valence-electron chi connectivity index (χ2n) is 8.58. The Morgan fingerprint density at radius 3 is 2.42 bits per heavy atom. The summed E-state index contributed by atoms with van der Waals surface area (Å²) in [5, 5.41) is 4.83. The summed E-state index contributed by atoms with van der Waals surface area (Å²) in [4.78, 5) is 2.46. The van der Waals surface area contributed by atoms with E-state index in [0.29, 0.717) is 17.0 Å². The number of nitrogens with zero attached hydrogens (tertiary/aromatic N) is 3. The van der Waals surface area contributed by atoms with Gasteiger partial charge >= 0.3 is 0 Å². The summed E-state index contributed by atoms with van der Waals surface area (Å²) < 4.78 is 40.6. The van der Waals surface area contributed by atoms with E-state index in [0.717, 1.165) is 46.7 Å². The topological polar surface area (TPSA) is 55.2 Å². The summed E-state index contributed by atoms with van der Waals surface area (Å²) in [6, 6.07) is 21.7. The maximum Gasteiger partial charge on any atom is 0.175 e. The molecule has 0 N–H and O–H groups in total. The van der Waals surface area contributed by atoms with Crippen LogP contribution in [0.15, 0.2) is 77.7 Å². The lowest BCUT2D eigenvalue weighted by Gasteiger charge is -2.14. The number of fused-ring (bicyclic) bond motifs is 1. The molecular formula is C26H24FN3O2S. The van der Waals surface area contributed by atoms with Gasteiger partial charge in [-0.25, -0.2) is 12.8 Å². The highest BCUT2D eigenvalue weighted by Gasteiger charge is 2.27. The largest absolute Gasteiger partial charge is 0.296 e. The van der Waals surface area contributed by atoms with Gasteiger partial charge in [0.25, 0.3) is 0 Å². The lowest BCUT2D eigenvalue weighted by Crippen LogP contribution is -2.13. The molecule has 5 rings (SSSR count). The number of aromatic nitrogens is 2. The number of halogens is 1. The Labute approximate surface area is 193 Å². The van der Waals surface area contributed by atoms with Crippen molar-refractivity contribution in [1.82, 2.24) is 14.7 Å². The molecular weight excluding hydrogens is 437 g/mol. The predicted molar refractivity (Wildman–Crippen MR) is 127 cm³/mol. The van der Waals surface area contributed by atoms with Crippen LogP contribution in [-0.4, -0.2) is 36.4 Å². The quantitative estimate of drug-likeness (QED) is 0.430. The molecule has 5 nitrogen and oxygen atoms in total. The molecule has 1 aromatic heterocycles. The average molecular weight is 462 g/mol. The number of sulfone groups is 1. The fraction of sp³-hybridized carbons (Fsp3) is 0.192. The van der Waals surface area contributed by atoms with E-state index >= 15 is 0 Å². The normalized spacial score (nSPS) is 13.9. The van der Waals surface area contributed by atoms with Crippen LogP contribution in [-0.2, 0) is 29.5 Å². The molecule has 0 amide bonds. The zero-order chi connectivity index (χ0) is 23.2. The van der Waals surface area contributed by atoms with Crippen LogP contribution in [0.3, 0.4) is 0 Å². The third-order valence-electron chi connectivity index (χ3n) is 5.97. The third-order valence-corrected chi connectivity index (χ3v) is 7.08. The van der Waals surface area contributed by atoms with Crippen LogP contribution in [0.4, 0.5) is 4.39 Å². The lowest BCUT2D eigenvalue weighted by atomic mass is 10.0. The van der Waals surface area contributed by atoms with Gasteiger partial charge in [0, 0.05) is 30.5 Å². The second kappa shape index (κ2) is 8.24. The molecule has 168 valence electrons. The van der Waals surface area contributed by atoms with Gasteiger partial charge in [0.1, 0.15) is 5.82 Å². The minimum atomic E-state index is -3.29. The van der Waals surface area contributed by atoms with Crippen molar-refractivity contribution < 1.29 is 12.8 Å². The van der Waals surface area contributed by atoms with E-state index in [2.05, 4.69) is 4.90 Å². The molecule has 2 heterocycles. The van der Waals surface area contributed by atoms with Crippen LogP contribution in [0.5, 0.6) is 0 Å². The van der Waals surface area contributed by atoms with Gasteiger partial charge in [0.2, 0.25) is 0 Å². The molecule has 4 aromatic rings. The summed E-state index contributed by atoms with van der Waals surface area (Å²) in [6.45, 7) is 1.96. The fourth-order valence-corrected chi connectivity index (χ4v) is 5.09. The van der Waals surface area contributed by atoms with Crippen LogP contribution < -0.4 is 0 Å². The summed E-state index contributed by atoms with van der Waals surface area (Å²) in [6.07, 6.45) is 1.21. The number of rotatable bonds is 5. The van der Waals surface area contributed by atoms with Gasteiger partial charge in [-0.3, -0.25) is 9.58 Å². The van der Waals surface area contributed by atoms with Crippen molar-refractivity contribution >= 4 is 9.84 Å². The molecule has 1 aliphatic rings. The highest BCUT2D eigenvalue weighted by atomic mass is 32.2. The first-order valence-corrected chi connectivity index (χ1v) is 12.6. The first kappa shape index (κ1) is 21.6. The molecule has 3 aromatic carbocycles. The maximum atomic E-state index is 14.8. The van der Waals surface area contributed by atoms with E-state index in [9.17, 15) is 12.8 Å². The number of hydrogen-bond donors (Lipinski definition) is 0. The van der Waals surface area contributed by atoms with Crippen molar-refractivity contribution in [3.63, 3.8) is 0 Å². The van der Waals surface area contributed by atoms with Gasteiger partial charge in [0.05, 0.1) is 22.8 Å². The van der Waals surface area contributed by atoms with Gasteiger partial charge in [0.15, 0.2) is 9.84 Å². The highest BCUT2D eigenvalue weighted by Crippen LogP contribution is 2.34. The summed E-state index contributed by atoms with van der Waals surface area (Å²) in [5.74, 6) is -0.262. The molecule has 0 atom stereocenters. The fourth-order valence-electron chi connectivity index (χ4n) is 4.42. The summed E-state index contributed by atoms with van der Waals surface area (Å²) in [5.41, 5.74) is 6.18. The van der Waals surface area contributed by atoms with Gasteiger partial charge < -0.3 is 0 Å². The first-order chi connectivity index (χ1) is 15.8. The van der Waals surface area contributed by atoms with E-state index in [1.54, 1.807) is 30.3 Å². The number of benzene rings is 3.